The maximum absolute atomic E-state index is 13.5. The second-order valence-corrected chi connectivity index (χ2v) is 8.31. The van der Waals surface area contributed by atoms with Gasteiger partial charge < -0.3 is 8.98 Å². The van der Waals surface area contributed by atoms with Gasteiger partial charge >= 0.3 is 6.18 Å². The Morgan fingerprint density at radius 2 is 1.81 bits per heavy atom. The molecule has 2 aromatic heterocycles. The fraction of sp³-hybridized carbons (Fsp3) is 0.333. The van der Waals surface area contributed by atoms with Crippen LogP contribution < -0.4 is 0 Å². The van der Waals surface area contributed by atoms with Crippen LogP contribution in [0.3, 0.4) is 0 Å². The van der Waals surface area contributed by atoms with Crippen LogP contribution in [0.2, 0.25) is 0 Å². The van der Waals surface area contributed by atoms with Gasteiger partial charge in [-0.1, -0.05) is 24.3 Å². The highest BCUT2D eigenvalue weighted by molar-refractivity contribution is 5.76. The van der Waals surface area contributed by atoms with E-state index in [2.05, 4.69) is 21.8 Å². The predicted molar refractivity (Wildman–Crippen MR) is 115 cm³/mol. The number of fused-ring (bicyclic) bond motifs is 1. The van der Waals surface area contributed by atoms with E-state index in [1.807, 2.05) is 12.1 Å². The molecule has 4 aromatic rings. The van der Waals surface area contributed by atoms with Crippen molar-refractivity contribution in [3.05, 3.63) is 71.9 Å². The van der Waals surface area contributed by atoms with Gasteiger partial charge in [0.15, 0.2) is 0 Å². The summed E-state index contributed by atoms with van der Waals surface area (Å²) in [5.41, 5.74) is 3.20. The van der Waals surface area contributed by atoms with Crippen LogP contribution >= 0.6 is 0 Å². The number of nitrogens with zero attached hydrogens (tertiary/aromatic N) is 4. The first kappa shape index (κ1) is 20.8. The molecule has 0 amide bonds. The standard InChI is InChI=1S/C24H23F3N4O/c1-16-5-4-12-30(16)14-19-15-32-22(28-19)18-10-8-17(9-11-18)13-31-21-7-3-2-6-20(21)29-23(31)24(25,26)27/h2-3,6-11,15-16H,4-5,12-14H2,1H3/t16-/m1/s1. The number of likely N-dealkylation sites (tertiary alicyclic amines) is 1. The number of benzene rings is 2. The summed E-state index contributed by atoms with van der Waals surface area (Å²) in [6.45, 7) is 4.12. The molecule has 8 heteroatoms. The Morgan fingerprint density at radius 1 is 1.03 bits per heavy atom. The highest BCUT2D eigenvalue weighted by Crippen LogP contribution is 2.32. The number of imidazole rings is 1. The largest absolute Gasteiger partial charge is 0.449 e. The highest BCUT2D eigenvalue weighted by atomic mass is 19.4. The first-order valence-electron chi connectivity index (χ1n) is 10.7. The van der Waals surface area contributed by atoms with Crippen LogP contribution in [0, 0.1) is 0 Å². The van der Waals surface area contributed by atoms with Crippen LogP contribution in [-0.4, -0.2) is 32.0 Å². The van der Waals surface area contributed by atoms with E-state index < -0.39 is 12.0 Å². The Hall–Kier alpha value is -3.13. The maximum atomic E-state index is 13.5. The number of hydrogen-bond acceptors (Lipinski definition) is 4. The molecule has 1 aliphatic rings. The average molecular weight is 440 g/mol. The fourth-order valence-electron chi connectivity index (χ4n) is 4.34. The second kappa shape index (κ2) is 8.09. The van der Waals surface area contributed by atoms with E-state index in [0.717, 1.165) is 29.9 Å². The van der Waals surface area contributed by atoms with Crippen molar-refractivity contribution in [1.82, 2.24) is 19.4 Å². The van der Waals surface area contributed by atoms with Crippen molar-refractivity contribution in [3.8, 4) is 11.5 Å². The van der Waals surface area contributed by atoms with Crippen molar-refractivity contribution >= 4 is 11.0 Å². The second-order valence-electron chi connectivity index (χ2n) is 8.31. The smallest absolute Gasteiger partial charge is 0.444 e. The van der Waals surface area contributed by atoms with E-state index in [4.69, 9.17) is 4.42 Å². The monoisotopic (exact) mass is 440 g/mol. The molecule has 0 unspecified atom stereocenters. The Labute approximate surface area is 183 Å². The molecule has 0 radical (unpaired) electrons. The third-order valence-corrected chi connectivity index (χ3v) is 6.06. The molecule has 166 valence electrons. The summed E-state index contributed by atoms with van der Waals surface area (Å²) in [7, 11) is 0. The van der Waals surface area contributed by atoms with Crippen molar-refractivity contribution in [2.45, 2.75) is 45.1 Å². The van der Waals surface area contributed by atoms with E-state index in [1.165, 1.54) is 17.4 Å². The highest BCUT2D eigenvalue weighted by Gasteiger charge is 2.37. The molecule has 0 saturated carbocycles. The van der Waals surface area contributed by atoms with E-state index in [0.29, 0.717) is 23.0 Å². The number of rotatable bonds is 5. The summed E-state index contributed by atoms with van der Waals surface area (Å²) in [4.78, 5) is 10.8. The third kappa shape index (κ3) is 4.02. The van der Waals surface area contributed by atoms with Gasteiger partial charge in [-0.3, -0.25) is 4.90 Å². The number of alkyl halides is 3. The van der Waals surface area contributed by atoms with Crippen LogP contribution in [0.5, 0.6) is 0 Å². The molecule has 32 heavy (non-hydrogen) atoms. The van der Waals surface area contributed by atoms with E-state index in [-0.39, 0.29) is 6.54 Å². The number of para-hydroxylation sites is 2. The van der Waals surface area contributed by atoms with Gasteiger partial charge in [-0.15, -0.1) is 0 Å². The van der Waals surface area contributed by atoms with Gasteiger partial charge in [0.2, 0.25) is 11.7 Å². The molecular weight excluding hydrogens is 417 g/mol. The summed E-state index contributed by atoms with van der Waals surface area (Å²) in [5, 5.41) is 0. The van der Waals surface area contributed by atoms with Crippen LogP contribution in [0.4, 0.5) is 13.2 Å². The molecule has 5 nitrogen and oxygen atoms in total. The number of hydrogen-bond donors (Lipinski definition) is 0. The van der Waals surface area contributed by atoms with Gasteiger partial charge in [0.05, 0.1) is 16.7 Å². The Bertz CT molecular complexity index is 1230. The maximum Gasteiger partial charge on any atom is 0.449 e. The van der Waals surface area contributed by atoms with Crippen LogP contribution in [0.25, 0.3) is 22.5 Å². The molecular formula is C24H23F3N4O. The van der Waals surface area contributed by atoms with Crippen molar-refractivity contribution in [1.29, 1.82) is 0 Å². The summed E-state index contributed by atoms with van der Waals surface area (Å²) < 4.78 is 47.5. The minimum Gasteiger partial charge on any atom is -0.444 e. The predicted octanol–water partition coefficient (Wildman–Crippen LogP) is 5.74. The Kier molecular flexibility index (Phi) is 5.25. The van der Waals surface area contributed by atoms with Crippen LogP contribution in [0.1, 0.15) is 36.8 Å². The summed E-state index contributed by atoms with van der Waals surface area (Å²) >= 11 is 0. The van der Waals surface area contributed by atoms with Gasteiger partial charge in [-0.25, -0.2) is 9.97 Å². The first-order chi connectivity index (χ1) is 15.4. The molecule has 2 aromatic carbocycles. The number of halogens is 3. The molecule has 0 bridgehead atoms. The van der Waals surface area contributed by atoms with Gasteiger partial charge in [0.25, 0.3) is 0 Å². The molecule has 5 rings (SSSR count). The number of oxazole rings is 1. The van der Waals surface area contributed by atoms with Gasteiger partial charge in [-0.2, -0.15) is 13.2 Å². The zero-order chi connectivity index (χ0) is 22.3. The summed E-state index contributed by atoms with van der Waals surface area (Å²) in [5.74, 6) is -0.376. The quantitative estimate of drug-likeness (QED) is 0.397. The minimum absolute atomic E-state index is 0.0688. The first-order valence-corrected chi connectivity index (χ1v) is 10.7. The van der Waals surface area contributed by atoms with Gasteiger partial charge in [0.1, 0.15) is 6.26 Å². The molecule has 3 heterocycles. The van der Waals surface area contributed by atoms with E-state index in [1.54, 1.807) is 42.7 Å². The average Bonchev–Trinajstić information content (AvgIpc) is 3.49. The molecule has 1 saturated heterocycles. The van der Waals surface area contributed by atoms with Crippen LogP contribution in [0.15, 0.2) is 59.2 Å². The zero-order valence-corrected chi connectivity index (χ0v) is 17.6. The molecule has 0 spiro atoms. The molecule has 1 fully saturated rings. The van der Waals surface area contributed by atoms with E-state index >= 15 is 0 Å². The summed E-state index contributed by atoms with van der Waals surface area (Å²) in [6.07, 6.45) is -0.439. The Balaban J connectivity index is 1.36. The normalized spacial score (nSPS) is 17.4. The number of aromatic nitrogens is 3. The minimum atomic E-state index is -4.53. The molecule has 0 aliphatic carbocycles. The Morgan fingerprint density at radius 3 is 2.53 bits per heavy atom. The molecule has 1 aliphatic heterocycles. The summed E-state index contributed by atoms with van der Waals surface area (Å²) in [6, 6.07) is 14.5. The molecule has 1 atom stereocenters. The topological polar surface area (TPSA) is 47.1 Å². The van der Waals surface area contributed by atoms with Crippen LogP contribution in [-0.2, 0) is 19.3 Å². The lowest BCUT2D eigenvalue weighted by Gasteiger charge is -2.18. The SMILES string of the molecule is C[C@@H]1CCCN1Cc1coc(-c2ccc(Cn3c(C(F)(F)F)nc4ccccc43)cc2)n1. The van der Waals surface area contributed by atoms with Crippen molar-refractivity contribution in [2.24, 2.45) is 0 Å². The van der Waals surface area contributed by atoms with Crippen molar-refractivity contribution in [2.75, 3.05) is 6.54 Å². The fourth-order valence-corrected chi connectivity index (χ4v) is 4.34. The lowest BCUT2D eigenvalue weighted by atomic mass is 10.1. The lowest BCUT2D eigenvalue weighted by molar-refractivity contribution is -0.146. The van der Waals surface area contributed by atoms with Crippen molar-refractivity contribution < 1.29 is 17.6 Å². The van der Waals surface area contributed by atoms with Gasteiger partial charge in [-0.05, 0) is 56.1 Å². The zero-order valence-electron chi connectivity index (χ0n) is 17.6. The third-order valence-electron chi connectivity index (χ3n) is 6.06. The lowest BCUT2D eigenvalue weighted by Crippen LogP contribution is -2.26. The van der Waals surface area contributed by atoms with Gasteiger partial charge in [0, 0.05) is 24.7 Å². The van der Waals surface area contributed by atoms with Crippen molar-refractivity contribution in [3.63, 3.8) is 0 Å². The van der Waals surface area contributed by atoms with E-state index in [9.17, 15) is 13.2 Å². The molecule has 0 N–H and O–H groups in total.